The van der Waals surface area contributed by atoms with Gasteiger partial charge in [-0.25, -0.2) is 19.3 Å². The summed E-state index contributed by atoms with van der Waals surface area (Å²) in [5, 5.41) is 8.70. The Balaban J connectivity index is 2.00. The number of methoxy groups -OCH3 is 1. The fourth-order valence-corrected chi connectivity index (χ4v) is 2.58. The van der Waals surface area contributed by atoms with Gasteiger partial charge in [0.05, 0.1) is 12.9 Å². The number of hydrogen-bond acceptors (Lipinski definition) is 6. The molecule has 3 aromatic rings. The Kier molecular flexibility index (Phi) is 4.38. The molecule has 0 unspecified atom stereocenters. The van der Waals surface area contributed by atoms with Crippen LogP contribution in [0.2, 0.25) is 0 Å². The summed E-state index contributed by atoms with van der Waals surface area (Å²) in [6.07, 6.45) is 5.19. The molecule has 0 fully saturated rings. The summed E-state index contributed by atoms with van der Waals surface area (Å²) in [5.41, 5.74) is 0.881. The molecule has 0 radical (unpaired) electrons. The second-order valence-electron chi connectivity index (χ2n) is 4.55. The third-order valence-corrected chi connectivity index (χ3v) is 3.62. The fourth-order valence-electron chi connectivity index (χ4n) is 2.14. The number of rotatable bonds is 6. The molecule has 0 aliphatic heterocycles. The van der Waals surface area contributed by atoms with Crippen molar-refractivity contribution in [3.05, 3.63) is 48.6 Å². The zero-order valence-corrected chi connectivity index (χ0v) is 13.2. The molecule has 0 aliphatic carbocycles. The van der Waals surface area contributed by atoms with E-state index >= 15 is 0 Å². The van der Waals surface area contributed by atoms with Crippen LogP contribution in [0.25, 0.3) is 5.69 Å². The fraction of sp³-hybridized carbons (Fsp3) is 0.286. The highest BCUT2D eigenvalue weighted by atomic mass is 32.2. The van der Waals surface area contributed by atoms with Crippen LogP contribution in [0.5, 0.6) is 5.75 Å². The number of hydrogen-bond donors (Lipinski definition) is 0. The van der Waals surface area contributed by atoms with E-state index in [1.807, 2.05) is 35.2 Å². The summed E-state index contributed by atoms with van der Waals surface area (Å²) < 4.78 is 8.96. The van der Waals surface area contributed by atoms with Crippen LogP contribution >= 0.6 is 11.8 Å². The Morgan fingerprint density at radius 1 is 1.27 bits per heavy atom. The van der Waals surface area contributed by atoms with Crippen molar-refractivity contribution < 1.29 is 4.74 Å². The van der Waals surface area contributed by atoms with E-state index in [9.17, 15) is 0 Å². The third kappa shape index (κ3) is 2.96. The summed E-state index contributed by atoms with van der Waals surface area (Å²) in [5.74, 6) is 3.11. The van der Waals surface area contributed by atoms with Gasteiger partial charge in [-0.05, 0) is 18.4 Å². The van der Waals surface area contributed by atoms with Crippen LogP contribution in [-0.4, -0.2) is 42.9 Å². The number of thioether (sulfide) groups is 1. The first-order valence-corrected chi connectivity index (χ1v) is 8.10. The maximum Gasteiger partial charge on any atom is 0.172 e. The Morgan fingerprint density at radius 2 is 2.14 bits per heavy atom. The Bertz CT molecular complexity index is 740. The van der Waals surface area contributed by atoms with Crippen LogP contribution in [0.3, 0.4) is 0 Å². The molecule has 0 saturated carbocycles. The average Bonchev–Trinajstić information content (AvgIpc) is 3.18. The molecule has 7 nitrogen and oxygen atoms in total. The molecule has 2 heterocycles. The van der Waals surface area contributed by atoms with Crippen molar-refractivity contribution >= 4 is 11.8 Å². The second kappa shape index (κ2) is 6.61. The molecule has 0 spiro atoms. The molecule has 2 aromatic heterocycles. The standard InChI is InChI=1S/C14H16N6OS/c1-21-12-6-4-3-5-11(12)20-14(8-22-2)17-13(18-20)7-19-10-15-9-16-19/h3-6,9-10H,7-8H2,1-2H3. The molecular weight excluding hydrogens is 300 g/mol. The summed E-state index contributed by atoms with van der Waals surface area (Å²) in [7, 11) is 1.65. The van der Waals surface area contributed by atoms with Crippen molar-refractivity contribution in [3.8, 4) is 11.4 Å². The van der Waals surface area contributed by atoms with Crippen molar-refractivity contribution in [3.63, 3.8) is 0 Å². The molecule has 22 heavy (non-hydrogen) atoms. The Hall–Kier alpha value is -2.35. The van der Waals surface area contributed by atoms with Crippen LogP contribution in [0.1, 0.15) is 11.6 Å². The van der Waals surface area contributed by atoms with Gasteiger partial charge in [0.15, 0.2) is 5.82 Å². The van der Waals surface area contributed by atoms with E-state index in [-0.39, 0.29) is 0 Å². The van der Waals surface area contributed by atoms with Gasteiger partial charge < -0.3 is 4.74 Å². The molecule has 0 atom stereocenters. The highest BCUT2D eigenvalue weighted by molar-refractivity contribution is 7.97. The van der Waals surface area contributed by atoms with Crippen molar-refractivity contribution in [2.24, 2.45) is 0 Å². The lowest BCUT2D eigenvalue weighted by Gasteiger charge is -2.09. The zero-order valence-electron chi connectivity index (χ0n) is 12.4. The van der Waals surface area contributed by atoms with Crippen molar-refractivity contribution in [1.29, 1.82) is 0 Å². The van der Waals surface area contributed by atoms with E-state index in [0.29, 0.717) is 12.4 Å². The minimum Gasteiger partial charge on any atom is -0.494 e. The monoisotopic (exact) mass is 316 g/mol. The largest absolute Gasteiger partial charge is 0.494 e. The second-order valence-corrected chi connectivity index (χ2v) is 5.42. The highest BCUT2D eigenvalue weighted by Crippen LogP contribution is 2.23. The minimum absolute atomic E-state index is 0.490. The molecule has 8 heteroatoms. The zero-order chi connectivity index (χ0) is 15.4. The van der Waals surface area contributed by atoms with Crippen LogP contribution in [0, 0.1) is 0 Å². The van der Waals surface area contributed by atoms with Gasteiger partial charge in [0, 0.05) is 0 Å². The number of ether oxygens (including phenoxy) is 1. The lowest BCUT2D eigenvalue weighted by Crippen LogP contribution is -2.05. The third-order valence-electron chi connectivity index (χ3n) is 3.07. The number of benzene rings is 1. The molecule has 0 N–H and O–H groups in total. The van der Waals surface area contributed by atoms with Gasteiger partial charge >= 0.3 is 0 Å². The lowest BCUT2D eigenvalue weighted by molar-refractivity contribution is 0.411. The topological polar surface area (TPSA) is 70.7 Å². The normalized spacial score (nSPS) is 10.8. The van der Waals surface area contributed by atoms with Crippen molar-refractivity contribution in [2.75, 3.05) is 13.4 Å². The van der Waals surface area contributed by atoms with Crippen LogP contribution in [0.15, 0.2) is 36.9 Å². The van der Waals surface area contributed by atoms with Crippen LogP contribution < -0.4 is 4.74 Å². The molecule has 0 saturated heterocycles. The summed E-state index contributed by atoms with van der Waals surface area (Å²) in [4.78, 5) is 8.55. The predicted molar refractivity (Wildman–Crippen MR) is 84.3 cm³/mol. The number of aromatic nitrogens is 6. The van der Waals surface area contributed by atoms with Gasteiger partial charge in [0.2, 0.25) is 0 Å². The first-order chi connectivity index (χ1) is 10.8. The quantitative estimate of drug-likeness (QED) is 0.690. The van der Waals surface area contributed by atoms with Crippen molar-refractivity contribution in [1.82, 2.24) is 29.5 Å². The lowest BCUT2D eigenvalue weighted by atomic mass is 10.3. The average molecular weight is 316 g/mol. The van der Waals surface area contributed by atoms with Gasteiger partial charge in [-0.3, -0.25) is 0 Å². The van der Waals surface area contributed by atoms with E-state index in [0.717, 1.165) is 23.0 Å². The Labute approximate surface area is 132 Å². The Morgan fingerprint density at radius 3 is 2.86 bits per heavy atom. The predicted octanol–water partition coefficient (Wildman–Crippen LogP) is 1.78. The first-order valence-electron chi connectivity index (χ1n) is 6.71. The van der Waals surface area contributed by atoms with E-state index < -0.39 is 0 Å². The first kappa shape index (κ1) is 14.6. The van der Waals surface area contributed by atoms with Crippen LogP contribution in [0.4, 0.5) is 0 Å². The van der Waals surface area contributed by atoms with Crippen molar-refractivity contribution in [2.45, 2.75) is 12.3 Å². The van der Waals surface area contributed by atoms with E-state index in [4.69, 9.17) is 4.74 Å². The maximum atomic E-state index is 5.43. The van der Waals surface area contributed by atoms with Crippen LogP contribution in [-0.2, 0) is 12.3 Å². The summed E-state index contributed by atoms with van der Waals surface area (Å²) in [6, 6.07) is 7.77. The van der Waals surface area contributed by atoms with Gasteiger partial charge in [0.1, 0.15) is 36.5 Å². The van der Waals surface area contributed by atoms with Gasteiger partial charge in [-0.2, -0.15) is 16.9 Å². The number of para-hydroxylation sites is 2. The van der Waals surface area contributed by atoms with Gasteiger partial charge in [0.25, 0.3) is 0 Å². The van der Waals surface area contributed by atoms with E-state index in [1.54, 1.807) is 29.9 Å². The smallest absolute Gasteiger partial charge is 0.172 e. The van der Waals surface area contributed by atoms with E-state index in [1.165, 1.54) is 6.33 Å². The molecule has 3 rings (SSSR count). The highest BCUT2D eigenvalue weighted by Gasteiger charge is 2.14. The van der Waals surface area contributed by atoms with Gasteiger partial charge in [-0.15, -0.1) is 5.10 Å². The molecule has 1 aromatic carbocycles. The summed E-state index contributed by atoms with van der Waals surface area (Å²) in [6.45, 7) is 0.490. The van der Waals surface area contributed by atoms with Gasteiger partial charge in [-0.1, -0.05) is 12.1 Å². The van der Waals surface area contributed by atoms with E-state index in [2.05, 4.69) is 20.2 Å². The molecular formula is C14H16N6OS. The molecule has 114 valence electrons. The SMILES string of the molecule is COc1ccccc1-n1nc(Cn2cncn2)nc1CSC. The number of nitrogens with zero attached hydrogens (tertiary/aromatic N) is 6. The minimum atomic E-state index is 0.490. The molecule has 0 bridgehead atoms. The molecule has 0 aliphatic rings. The maximum absolute atomic E-state index is 5.43. The molecule has 0 amide bonds. The summed E-state index contributed by atoms with van der Waals surface area (Å²) >= 11 is 1.70.